The standard InChI is InChI=1S/C41H66BrNO11/c1-10-23-12-11-13-31(54-33-15-14-30(43(5)6)21(3)50-33)20(2)36(45)29-18-26-25-16-24(53-41-40(49-9)39(48-8)38(47-7)22(4)51-41)17-28(25)35(42)37(46)34(26)27(29)19-32(44)52-23/h18,20-28,30-31,33-35,37-41,46H,10-17,19H2,1-9H3/t20-,21?,22?,23+,24+,25+,26+,27-,28-,30+,31+,33+,34-,35?,37?,38+,39?,40+,41+/m1/s1. The molecule has 0 aromatic heterocycles. The highest BCUT2D eigenvalue weighted by Gasteiger charge is 2.59. The number of Topliss-reactive ketones (excluding diaryl/α,β-unsaturated/α-hetero) is 1. The Kier molecular flexibility index (Phi) is 14.4. The van der Waals surface area contributed by atoms with Crippen molar-refractivity contribution in [1.82, 2.24) is 4.90 Å². The quantitative estimate of drug-likeness (QED) is 0.247. The molecule has 0 spiro atoms. The number of rotatable bonds is 9. The van der Waals surface area contributed by atoms with Gasteiger partial charge >= 0.3 is 5.97 Å². The smallest absolute Gasteiger partial charge is 0.306 e. The normalized spacial score (nSPS) is 47.6. The van der Waals surface area contributed by atoms with Crippen LogP contribution in [0.25, 0.3) is 0 Å². The monoisotopic (exact) mass is 827 g/mol. The third kappa shape index (κ3) is 8.57. The van der Waals surface area contributed by atoms with Crippen LogP contribution in [0.4, 0.5) is 0 Å². The zero-order chi connectivity index (χ0) is 39.0. The minimum absolute atomic E-state index is 0.00733. The molecule has 6 aliphatic rings. The number of nitrogens with zero attached hydrogens (tertiary/aromatic N) is 1. The van der Waals surface area contributed by atoms with Crippen LogP contribution in [-0.2, 0) is 47.5 Å². The zero-order valence-electron chi connectivity index (χ0n) is 33.8. The number of halogens is 1. The van der Waals surface area contributed by atoms with Gasteiger partial charge in [0.1, 0.15) is 24.4 Å². The maximum Gasteiger partial charge on any atom is 0.306 e. The van der Waals surface area contributed by atoms with Gasteiger partial charge in [-0.05, 0) is 103 Å². The second-order valence-electron chi connectivity index (χ2n) is 17.0. The third-order valence-electron chi connectivity index (χ3n) is 13.8. The van der Waals surface area contributed by atoms with Gasteiger partial charge in [-0.3, -0.25) is 9.59 Å². The first-order valence-electron chi connectivity index (χ1n) is 20.5. The van der Waals surface area contributed by atoms with E-state index in [1.807, 2.05) is 20.8 Å². The minimum Gasteiger partial charge on any atom is -0.462 e. The van der Waals surface area contributed by atoms with Gasteiger partial charge in [-0.25, -0.2) is 0 Å². The van der Waals surface area contributed by atoms with E-state index in [0.29, 0.717) is 37.3 Å². The molecule has 0 bridgehead atoms. The highest BCUT2D eigenvalue weighted by molar-refractivity contribution is 9.09. The fourth-order valence-corrected chi connectivity index (χ4v) is 11.9. The summed E-state index contributed by atoms with van der Waals surface area (Å²) >= 11 is 3.91. The number of aliphatic hydroxyl groups excluding tert-OH is 1. The van der Waals surface area contributed by atoms with E-state index in [4.69, 9.17) is 37.9 Å². The van der Waals surface area contributed by atoms with Crippen molar-refractivity contribution in [3.63, 3.8) is 0 Å². The number of esters is 1. The lowest BCUT2D eigenvalue weighted by atomic mass is 9.64. The summed E-state index contributed by atoms with van der Waals surface area (Å²) in [6.07, 6.45) is 4.13. The van der Waals surface area contributed by atoms with Crippen molar-refractivity contribution in [2.75, 3.05) is 35.4 Å². The van der Waals surface area contributed by atoms with Gasteiger partial charge in [-0.2, -0.15) is 0 Å². The number of hydrogen-bond acceptors (Lipinski definition) is 12. The molecule has 0 radical (unpaired) electrons. The lowest BCUT2D eigenvalue weighted by molar-refractivity contribution is -0.314. The third-order valence-corrected chi connectivity index (χ3v) is 15.0. The van der Waals surface area contributed by atoms with E-state index in [1.165, 1.54) is 0 Å². The number of aliphatic hydroxyl groups is 1. The molecule has 13 heteroatoms. The molecule has 54 heavy (non-hydrogen) atoms. The molecule has 3 saturated heterocycles. The van der Waals surface area contributed by atoms with Gasteiger partial charge in [-0.1, -0.05) is 35.9 Å². The van der Waals surface area contributed by atoms with Crippen LogP contribution in [0.5, 0.6) is 0 Å². The first-order chi connectivity index (χ1) is 25.8. The topological polar surface area (TPSA) is 131 Å². The van der Waals surface area contributed by atoms with Crippen LogP contribution in [0.15, 0.2) is 11.6 Å². The number of cyclic esters (lactones) is 1. The van der Waals surface area contributed by atoms with Gasteiger partial charge in [0.15, 0.2) is 18.4 Å². The second-order valence-corrected chi connectivity index (χ2v) is 18.1. The number of fused-ring (bicyclic) bond motifs is 5. The van der Waals surface area contributed by atoms with Gasteiger partial charge in [0.2, 0.25) is 0 Å². The van der Waals surface area contributed by atoms with Gasteiger partial charge in [0, 0.05) is 50.0 Å². The van der Waals surface area contributed by atoms with E-state index >= 15 is 0 Å². The summed E-state index contributed by atoms with van der Waals surface area (Å²) in [5.41, 5.74) is 0.628. The molecule has 3 aliphatic carbocycles. The molecular weight excluding hydrogens is 762 g/mol. The molecule has 3 aliphatic heterocycles. The number of methoxy groups -OCH3 is 3. The van der Waals surface area contributed by atoms with Crippen LogP contribution >= 0.6 is 15.9 Å². The molecular formula is C41H66BrNO11. The van der Waals surface area contributed by atoms with Crippen LogP contribution in [0.1, 0.15) is 85.5 Å². The molecule has 1 N–H and O–H groups in total. The predicted molar refractivity (Wildman–Crippen MR) is 204 cm³/mol. The average Bonchev–Trinajstić information content (AvgIpc) is 3.73. The van der Waals surface area contributed by atoms with Crippen LogP contribution in [-0.4, -0.2) is 136 Å². The molecule has 5 fully saturated rings. The number of likely N-dealkylation sites (N-methyl/N-ethyl adjacent to an activating group) is 1. The number of carbonyl (C=O) groups excluding carboxylic acids is 2. The summed E-state index contributed by atoms with van der Waals surface area (Å²) in [5, 5.41) is 12.1. The first-order valence-corrected chi connectivity index (χ1v) is 21.4. The molecule has 12 nitrogen and oxygen atoms in total. The summed E-state index contributed by atoms with van der Waals surface area (Å²) < 4.78 is 49.6. The van der Waals surface area contributed by atoms with Gasteiger partial charge in [0.05, 0.1) is 36.9 Å². The van der Waals surface area contributed by atoms with E-state index in [2.05, 4.69) is 47.9 Å². The summed E-state index contributed by atoms with van der Waals surface area (Å²) in [6, 6.07) is 0.313. The van der Waals surface area contributed by atoms with Crippen molar-refractivity contribution in [3.8, 4) is 0 Å². The molecule has 308 valence electrons. The first kappa shape index (κ1) is 42.6. The number of ketones is 1. The fraction of sp³-hybridized carbons (Fsp3) is 0.902. The largest absolute Gasteiger partial charge is 0.462 e. The Morgan fingerprint density at radius 3 is 2.24 bits per heavy atom. The van der Waals surface area contributed by atoms with E-state index in [0.717, 1.165) is 25.7 Å². The van der Waals surface area contributed by atoms with Crippen molar-refractivity contribution >= 4 is 27.7 Å². The molecule has 0 aromatic carbocycles. The number of allylic oxidation sites excluding steroid dienone is 2. The lowest BCUT2D eigenvalue weighted by Gasteiger charge is -2.45. The highest BCUT2D eigenvalue weighted by atomic mass is 79.9. The maximum absolute atomic E-state index is 14.8. The predicted octanol–water partition coefficient (Wildman–Crippen LogP) is 5.06. The number of ether oxygens (including phenoxy) is 8. The number of carbonyl (C=O) groups is 2. The number of alkyl halides is 1. The summed E-state index contributed by atoms with van der Waals surface area (Å²) in [7, 11) is 9.06. The molecule has 5 unspecified atom stereocenters. The Hall–Kier alpha value is -1.00. The Balaban J connectivity index is 1.25. The second kappa shape index (κ2) is 18.3. The van der Waals surface area contributed by atoms with Crippen LogP contribution in [0.2, 0.25) is 0 Å². The van der Waals surface area contributed by atoms with E-state index < -0.39 is 30.3 Å². The Labute approximate surface area is 330 Å². The van der Waals surface area contributed by atoms with Gasteiger partial charge in [-0.15, -0.1) is 0 Å². The molecule has 19 atom stereocenters. The van der Waals surface area contributed by atoms with Crippen molar-refractivity contribution < 1.29 is 52.6 Å². The van der Waals surface area contributed by atoms with Crippen molar-refractivity contribution in [2.45, 2.75) is 164 Å². The molecule has 6 rings (SSSR count). The van der Waals surface area contributed by atoms with Crippen LogP contribution in [0.3, 0.4) is 0 Å². The summed E-state index contributed by atoms with van der Waals surface area (Å²) in [4.78, 5) is 30.3. The van der Waals surface area contributed by atoms with Crippen molar-refractivity contribution in [3.05, 3.63) is 11.6 Å². The molecule has 2 saturated carbocycles. The Bertz CT molecular complexity index is 1320. The minimum atomic E-state index is -0.772. The van der Waals surface area contributed by atoms with E-state index in [1.54, 1.807) is 21.3 Å². The maximum atomic E-state index is 14.8. The SMILES string of the molecule is CC[C@H]1CCC[C@H](O[C@H]2CC[C@H](N(C)C)C(C)O2)[C@@H](C)C(=O)C2=C[C@H]3[C@@H]4C[C@H](O[C@@H]5OC(C)[C@H](OC)C(OC)[C@@H]5OC)C[C@H]4C(Br)C(O)[C@H]3[C@@H]2CC(=O)O1. The summed E-state index contributed by atoms with van der Waals surface area (Å²) in [5.74, 6) is -1.46. The van der Waals surface area contributed by atoms with Crippen LogP contribution in [0, 0.1) is 35.5 Å². The summed E-state index contributed by atoms with van der Waals surface area (Å²) in [6.45, 7) is 8.04. The average molecular weight is 829 g/mol. The molecule has 3 heterocycles. The Morgan fingerprint density at radius 2 is 1.59 bits per heavy atom. The fourth-order valence-electron chi connectivity index (χ4n) is 10.9. The Morgan fingerprint density at radius 1 is 0.889 bits per heavy atom. The van der Waals surface area contributed by atoms with Crippen LogP contribution < -0.4 is 0 Å². The lowest BCUT2D eigenvalue weighted by Crippen LogP contribution is -2.59. The van der Waals surface area contributed by atoms with Crippen molar-refractivity contribution in [1.29, 1.82) is 0 Å². The van der Waals surface area contributed by atoms with Crippen molar-refractivity contribution in [2.24, 2.45) is 35.5 Å². The van der Waals surface area contributed by atoms with Gasteiger partial charge < -0.3 is 47.9 Å². The van der Waals surface area contributed by atoms with E-state index in [-0.39, 0.29) is 95.7 Å². The molecule has 0 amide bonds. The van der Waals surface area contributed by atoms with Gasteiger partial charge in [0.25, 0.3) is 0 Å². The zero-order valence-corrected chi connectivity index (χ0v) is 35.4. The molecule has 0 aromatic rings. The highest BCUT2D eigenvalue weighted by Crippen LogP contribution is 2.58. The number of hydrogen-bond donors (Lipinski definition) is 1. The van der Waals surface area contributed by atoms with E-state index in [9.17, 15) is 14.7 Å².